The number of methoxy groups -OCH3 is 1. The highest BCUT2D eigenvalue weighted by Gasteiger charge is 2.22. The molecule has 0 unspecified atom stereocenters. The third-order valence-corrected chi connectivity index (χ3v) is 4.17. The van der Waals surface area contributed by atoms with Crippen molar-refractivity contribution < 1.29 is 9.53 Å². The molecule has 0 atom stereocenters. The molecule has 1 N–H and O–H groups in total. The third-order valence-electron chi connectivity index (χ3n) is 4.17. The monoisotopic (exact) mass is 305 g/mol. The van der Waals surface area contributed by atoms with Crippen LogP contribution in [0.3, 0.4) is 0 Å². The van der Waals surface area contributed by atoms with Crippen molar-refractivity contribution >= 4 is 11.7 Å². The van der Waals surface area contributed by atoms with Crippen LogP contribution in [0.1, 0.15) is 18.1 Å². The molecule has 22 heavy (non-hydrogen) atoms. The van der Waals surface area contributed by atoms with Gasteiger partial charge in [-0.3, -0.25) is 0 Å². The first-order valence-corrected chi connectivity index (χ1v) is 8.02. The van der Waals surface area contributed by atoms with Gasteiger partial charge in [-0.1, -0.05) is 25.1 Å². The van der Waals surface area contributed by atoms with E-state index < -0.39 is 0 Å². The SMILES string of the molecule is CCc1cccc(C)c1N1CCN(C(=O)NCCOC)CC1. The molecule has 1 aromatic carbocycles. The second kappa shape index (κ2) is 8.03. The van der Waals surface area contributed by atoms with Crippen molar-refractivity contribution in [1.82, 2.24) is 10.2 Å². The highest BCUT2D eigenvalue weighted by atomic mass is 16.5. The number of anilines is 1. The largest absolute Gasteiger partial charge is 0.383 e. The van der Waals surface area contributed by atoms with E-state index in [1.54, 1.807) is 7.11 Å². The van der Waals surface area contributed by atoms with Crippen LogP contribution in [-0.2, 0) is 11.2 Å². The fraction of sp³-hybridized carbons (Fsp3) is 0.588. The van der Waals surface area contributed by atoms with E-state index in [0.29, 0.717) is 13.2 Å². The van der Waals surface area contributed by atoms with Gasteiger partial charge in [0.15, 0.2) is 0 Å². The first kappa shape index (κ1) is 16.6. The van der Waals surface area contributed by atoms with Gasteiger partial charge in [0, 0.05) is 45.5 Å². The Morgan fingerprint density at radius 1 is 1.27 bits per heavy atom. The van der Waals surface area contributed by atoms with E-state index in [0.717, 1.165) is 32.6 Å². The van der Waals surface area contributed by atoms with Crippen LogP contribution in [0.2, 0.25) is 0 Å². The summed E-state index contributed by atoms with van der Waals surface area (Å²) in [5, 5.41) is 2.89. The van der Waals surface area contributed by atoms with Crippen molar-refractivity contribution in [1.29, 1.82) is 0 Å². The number of benzene rings is 1. The van der Waals surface area contributed by atoms with E-state index in [1.165, 1.54) is 16.8 Å². The molecule has 0 spiro atoms. The maximum Gasteiger partial charge on any atom is 0.317 e. The number of nitrogens with zero attached hydrogens (tertiary/aromatic N) is 2. The van der Waals surface area contributed by atoms with Crippen LogP contribution in [0.25, 0.3) is 0 Å². The van der Waals surface area contributed by atoms with Crippen molar-refractivity contribution in [2.24, 2.45) is 0 Å². The van der Waals surface area contributed by atoms with Gasteiger partial charge in [0.05, 0.1) is 6.61 Å². The van der Waals surface area contributed by atoms with E-state index in [9.17, 15) is 4.79 Å². The minimum absolute atomic E-state index is 0.0113. The molecular formula is C17H27N3O2. The van der Waals surface area contributed by atoms with Gasteiger partial charge >= 0.3 is 6.03 Å². The molecule has 0 saturated carbocycles. The highest BCUT2D eigenvalue weighted by Crippen LogP contribution is 2.26. The third kappa shape index (κ3) is 3.91. The van der Waals surface area contributed by atoms with E-state index in [1.807, 2.05) is 4.90 Å². The number of urea groups is 1. The zero-order valence-electron chi connectivity index (χ0n) is 13.9. The number of piperazine rings is 1. The average molecular weight is 305 g/mol. The van der Waals surface area contributed by atoms with Crippen LogP contribution in [0.15, 0.2) is 18.2 Å². The van der Waals surface area contributed by atoms with Gasteiger partial charge in [0.2, 0.25) is 0 Å². The molecule has 0 aliphatic carbocycles. The van der Waals surface area contributed by atoms with Crippen molar-refractivity contribution in [3.05, 3.63) is 29.3 Å². The van der Waals surface area contributed by atoms with Crippen LogP contribution in [0, 0.1) is 6.92 Å². The molecule has 0 radical (unpaired) electrons. The number of nitrogens with one attached hydrogen (secondary N) is 1. The quantitative estimate of drug-likeness (QED) is 0.847. The molecule has 122 valence electrons. The van der Waals surface area contributed by atoms with E-state index in [-0.39, 0.29) is 6.03 Å². The summed E-state index contributed by atoms with van der Waals surface area (Å²) in [6.45, 7) is 8.76. The van der Waals surface area contributed by atoms with Gasteiger partial charge in [0.1, 0.15) is 0 Å². The van der Waals surface area contributed by atoms with Gasteiger partial charge in [0.25, 0.3) is 0 Å². The molecule has 1 fully saturated rings. The average Bonchev–Trinajstić information content (AvgIpc) is 2.55. The van der Waals surface area contributed by atoms with Crippen LogP contribution >= 0.6 is 0 Å². The Bertz CT molecular complexity index is 497. The lowest BCUT2D eigenvalue weighted by Gasteiger charge is -2.37. The summed E-state index contributed by atoms with van der Waals surface area (Å²) in [7, 11) is 1.64. The van der Waals surface area contributed by atoms with Crippen LogP contribution in [0.4, 0.5) is 10.5 Å². The number of ether oxygens (including phenoxy) is 1. The molecule has 0 aromatic heterocycles. The summed E-state index contributed by atoms with van der Waals surface area (Å²) in [6, 6.07) is 6.50. The van der Waals surface area contributed by atoms with Crippen LogP contribution < -0.4 is 10.2 Å². The van der Waals surface area contributed by atoms with Crippen LogP contribution in [0.5, 0.6) is 0 Å². The number of amides is 2. The van der Waals surface area contributed by atoms with Gasteiger partial charge in [-0.15, -0.1) is 0 Å². The van der Waals surface area contributed by atoms with Crippen molar-refractivity contribution in [2.45, 2.75) is 20.3 Å². The lowest BCUT2D eigenvalue weighted by Crippen LogP contribution is -2.52. The van der Waals surface area contributed by atoms with Gasteiger partial charge < -0.3 is 19.9 Å². The first-order chi connectivity index (χ1) is 10.7. The minimum Gasteiger partial charge on any atom is -0.383 e. The lowest BCUT2D eigenvalue weighted by molar-refractivity contribution is 0.177. The standard InChI is InChI=1S/C17H27N3O2/c1-4-15-7-5-6-14(2)16(15)19-9-11-20(12-10-19)17(21)18-8-13-22-3/h5-7H,4,8-13H2,1-3H3,(H,18,21). The van der Waals surface area contributed by atoms with E-state index in [4.69, 9.17) is 4.74 Å². The Morgan fingerprint density at radius 2 is 2.00 bits per heavy atom. The molecule has 1 saturated heterocycles. The maximum atomic E-state index is 12.0. The van der Waals surface area contributed by atoms with Crippen molar-refractivity contribution in [3.63, 3.8) is 0 Å². The molecule has 2 rings (SSSR count). The topological polar surface area (TPSA) is 44.8 Å². The first-order valence-electron chi connectivity index (χ1n) is 8.02. The Balaban J connectivity index is 1.94. The van der Waals surface area contributed by atoms with E-state index in [2.05, 4.69) is 42.3 Å². The Kier molecular flexibility index (Phi) is 6.07. The summed E-state index contributed by atoms with van der Waals surface area (Å²) in [5.41, 5.74) is 4.06. The Morgan fingerprint density at radius 3 is 2.64 bits per heavy atom. The second-order valence-corrected chi connectivity index (χ2v) is 5.64. The van der Waals surface area contributed by atoms with Gasteiger partial charge in [-0.25, -0.2) is 4.79 Å². The number of carbonyl (C=O) groups is 1. The molecule has 1 aromatic rings. The highest BCUT2D eigenvalue weighted by molar-refractivity contribution is 5.74. The fourth-order valence-corrected chi connectivity index (χ4v) is 2.96. The van der Waals surface area contributed by atoms with Crippen molar-refractivity contribution in [3.8, 4) is 0 Å². The smallest absolute Gasteiger partial charge is 0.317 e. The number of para-hydroxylation sites is 1. The zero-order valence-corrected chi connectivity index (χ0v) is 13.9. The number of rotatable bonds is 5. The zero-order chi connectivity index (χ0) is 15.9. The van der Waals surface area contributed by atoms with E-state index >= 15 is 0 Å². The summed E-state index contributed by atoms with van der Waals surface area (Å²) < 4.78 is 4.95. The molecular weight excluding hydrogens is 278 g/mol. The number of hydrogen-bond acceptors (Lipinski definition) is 3. The maximum absolute atomic E-state index is 12.0. The number of carbonyl (C=O) groups excluding carboxylic acids is 1. The minimum atomic E-state index is 0.0113. The van der Waals surface area contributed by atoms with Gasteiger partial charge in [-0.05, 0) is 24.5 Å². The normalized spacial score (nSPS) is 15.0. The summed E-state index contributed by atoms with van der Waals surface area (Å²) in [5.74, 6) is 0. The van der Waals surface area contributed by atoms with Crippen LogP contribution in [-0.4, -0.2) is 57.4 Å². The second-order valence-electron chi connectivity index (χ2n) is 5.64. The molecule has 5 nitrogen and oxygen atoms in total. The molecule has 1 aliphatic heterocycles. The molecule has 2 amide bonds. The Hall–Kier alpha value is -1.75. The molecule has 1 aliphatic rings. The predicted octanol–water partition coefficient (Wildman–Crippen LogP) is 2.04. The fourth-order valence-electron chi connectivity index (χ4n) is 2.96. The lowest BCUT2D eigenvalue weighted by atomic mass is 10.0. The molecule has 0 bridgehead atoms. The summed E-state index contributed by atoms with van der Waals surface area (Å²) >= 11 is 0. The number of aryl methyl sites for hydroxylation is 2. The molecule has 1 heterocycles. The summed E-state index contributed by atoms with van der Waals surface area (Å²) in [6.07, 6.45) is 1.04. The number of hydrogen-bond donors (Lipinski definition) is 1. The molecule has 5 heteroatoms. The Labute approximate surface area is 133 Å². The van der Waals surface area contributed by atoms with Crippen molar-refractivity contribution in [2.75, 3.05) is 51.3 Å². The summed E-state index contributed by atoms with van der Waals surface area (Å²) in [4.78, 5) is 16.3. The van der Waals surface area contributed by atoms with Gasteiger partial charge in [-0.2, -0.15) is 0 Å². The predicted molar refractivity (Wildman–Crippen MR) is 89.6 cm³/mol.